The van der Waals surface area contributed by atoms with Crippen LogP contribution in [0.15, 0.2) is 22.7 Å². The van der Waals surface area contributed by atoms with Crippen LogP contribution in [-0.2, 0) is 4.74 Å². The van der Waals surface area contributed by atoms with Crippen LogP contribution in [0.5, 0.6) is 5.75 Å². The Morgan fingerprint density at radius 3 is 2.63 bits per heavy atom. The third-order valence-electron chi connectivity index (χ3n) is 2.43. The van der Waals surface area contributed by atoms with Crippen molar-refractivity contribution in [2.45, 2.75) is 19.1 Å². The fraction of sp³-hybridized carbons (Fsp3) is 0.500. The van der Waals surface area contributed by atoms with E-state index in [9.17, 15) is 13.2 Å². The van der Waals surface area contributed by atoms with Crippen LogP contribution in [0, 0.1) is 0 Å². The fourth-order valence-corrected chi connectivity index (χ4v) is 1.79. The summed E-state index contributed by atoms with van der Waals surface area (Å²) in [6, 6.07) is 5.30. The van der Waals surface area contributed by atoms with Crippen LogP contribution in [-0.4, -0.2) is 26.6 Å². The molecule has 1 atom stereocenters. The molecule has 0 heterocycles. The molecule has 0 aliphatic heterocycles. The van der Waals surface area contributed by atoms with Gasteiger partial charge in [0.2, 0.25) is 0 Å². The van der Waals surface area contributed by atoms with Gasteiger partial charge >= 0.3 is 6.18 Å². The van der Waals surface area contributed by atoms with Crippen molar-refractivity contribution in [3.8, 4) is 5.75 Å². The average molecular weight is 342 g/mol. The van der Waals surface area contributed by atoms with Crippen molar-refractivity contribution < 1.29 is 22.6 Å². The number of nitrogens with one attached hydrogen (secondary N) is 1. The van der Waals surface area contributed by atoms with Gasteiger partial charge in [-0.1, -0.05) is 15.9 Å². The van der Waals surface area contributed by atoms with E-state index in [2.05, 4.69) is 26.0 Å². The lowest BCUT2D eigenvalue weighted by atomic mass is 10.1. The summed E-state index contributed by atoms with van der Waals surface area (Å²) in [7, 11) is 1.79. The van der Waals surface area contributed by atoms with Gasteiger partial charge in [0, 0.05) is 16.1 Å². The summed E-state index contributed by atoms with van der Waals surface area (Å²) >= 11 is 3.34. The van der Waals surface area contributed by atoms with Crippen LogP contribution in [0.2, 0.25) is 0 Å². The van der Waals surface area contributed by atoms with E-state index in [1.807, 2.05) is 13.0 Å². The van der Waals surface area contributed by atoms with Crippen molar-refractivity contribution >= 4 is 15.9 Å². The number of hydrogen-bond acceptors (Lipinski definition) is 3. The minimum atomic E-state index is -4.34. The van der Waals surface area contributed by atoms with Crippen molar-refractivity contribution in [1.82, 2.24) is 5.32 Å². The molecule has 0 fully saturated rings. The van der Waals surface area contributed by atoms with Crippen LogP contribution < -0.4 is 10.1 Å². The Kier molecular flexibility index (Phi) is 6.09. The molecule has 1 N–H and O–H groups in total. The van der Waals surface area contributed by atoms with Crippen LogP contribution >= 0.6 is 15.9 Å². The second-order valence-corrected chi connectivity index (χ2v) is 4.83. The van der Waals surface area contributed by atoms with Crippen molar-refractivity contribution in [3.05, 3.63) is 28.2 Å². The summed E-state index contributed by atoms with van der Waals surface area (Å²) in [5.74, 6) is 0.493. The Balaban J connectivity index is 2.62. The van der Waals surface area contributed by atoms with Gasteiger partial charge in [0.15, 0.2) is 6.79 Å². The van der Waals surface area contributed by atoms with Gasteiger partial charge in [-0.25, -0.2) is 0 Å². The second-order valence-electron chi connectivity index (χ2n) is 3.92. The largest absolute Gasteiger partial charge is 0.467 e. The summed E-state index contributed by atoms with van der Waals surface area (Å²) < 4.78 is 46.2. The van der Waals surface area contributed by atoms with Crippen molar-refractivity contribution in [2.75, 3.05) is 20.4 Å². The second kappa shape index (κ2) is 7.12. The molecule has 19 heavy (non-hydrogen) atoms. The molecule has 0 saturated heterocycles. The lowest BCUT2D eigenvalue weighted by molar-refractivity contribution is -0.186. The molecular weight excluding hydrogens is 327 g/mol. The molecule has 3 nitrogen and oxygen atoms in total. The van der Waals surface area contributed by atoms with Gasteiger partial charge in [0.1, 0.15) is 12.4 Å². The zero-order chi connectivity index (χ0) is 14.5. The SMILES string of the molecule is CNC(C)c1cc(Br)ccc1OCOCC(F)(F)F. The minimum Gasteiger partial charge on any atom is -0.467 e. The lowest BCUT2D eigenvalue weighted by Gasteiger charge is -2.17. The Bertz CT molecular complexity index is 412. The zero-order valence-electron chi connectivity index (χ0n) is 10.6. The summed E-state index contributed by atoms with van der Waals surface area (Å²) in [4.78, 5) is 0. The molecule has 1 rings (SSSR count). The molecule has 1 unspecified atom stereocenters. The first-order valence-corrected chi connectivity index (χ1v) is 6.37. The Labute approximate surface area is 118 Å². The first-order chi connectivity index (χ1) is 8.83. The van der Waals surface area contributed by atoms with Gasteiger partial charge in [-0.2, -0.15) is 13.2 Å². The summed E-state index contributed by atoms with van der Waals surface area (Å²) in [6.45, 7) is 0.163. The predicted octanol–water partition coefficient (Wildman–Crippen LogP) is 3.64. The van der Waals surface area contributed by atoms with E-state index < -0.39 is 19.6 Å². The Morgan fingerprint density at radius 2 is 2.05 bits per heavy atom. The molecule has 0 aliphatic carbocycles. The van der Waals surface area contributed by atoms with E-state index >= 15 is 0 Å². The predicted molar refractivity (Wildman–Crippen MR) is 69.1 cm³/mol. The number of halogens is 4. The molecule has 0 bridgehead atoms. The highest BCUT2D eigenvalue weighted by molar-refractivity contribution is 9.10. The van der Waals surface area contributed by atoms with Crippen LogP contribution in [0.25, 0.3) is 0 Å². The highest BCUT2D eigenvalue weighted by Crippen LogP contribution is 2.28. The third-order valence-corrected chi connectivity index (χ3v) is 2.93. The summed E-state index contributed by atoms with van der Waals surface area (Å²) in [5.41, 5.74) is 0.840. The Hall–Kier alpha value is -0.790. The topological polar surface area (TPSA) is 30.5 Å². The van der Waals surface area contributed by atoms with Gasteiger partial charge in [0.05, 0.1) is 0 Å². The third kappa shape index (κ3) is 5.80. The number of hydrogen-bond donors (Lipinski definition) is 1. The molecule has 108 valence electrons. The van der Waals surface area contributed by atoms with Crippen molar-refractivity contribution in [3.63, 3.8) is 0 Å². The van der Waals surface area contributed by atoms with E-state index in [0.717, 1.165) is 10.0 Å². The number of alkyl halides is 3. The van der Waals surface area contributed by atoms with Gasteiger partial charge < -0.3 is 14.8 Å². The molecule has 1 aromatic rings. The van der Waals surface area contributed by atoms with Crippen LogP contribution in [0.1, 0.15) is 18.5 Å². The first kappa shape index (κ1) is 16.3. The van der Waals surface area contributed by atoms with E-state index in [4.69, 9.17) is 4.74 Å². The standard InChI is InChI=1S/C12H15BrF3NO2/c1-8(17-2)10-5-9(13)3-4-11(10)19-7-18-6-12(14,15)16/h3-5,8,17H,6-7H2,1-2H3. The van der Waals surface area contributed by atoms with E-state index in [1.54, 1.807) is 19.2 Å². The zero-order valence-corrected chi connectivity index (χ0v) is 12.1. The molecule has 0 aliphatic rings. The number of ether oxygens (including phenoxy) is 2. The van der Waals surface area contributed by atoms with Crippen molar-refractivity contribution in [2.24, 2.45) is 0 Å². The molecule has 1 aromatic carbocycles. The van der Waals surface area contributed by atoms with Crippen LogP contribution in [0.4, 0.5) is 13.2 Å². The van der Waals surface area contributed by atoms with E-state index in [1.165, 1.54) is 0 Å². The van der Waals surface area contributed by atoms with Gasteiger partial charge in [-0.05, 0) is 32.2 Å². The van der Waals surface area contributed by atoms with Crippen molar-refractivity contribution in [1.29, 1.82) is 0 Å². The Morgan fingerprint density at radius 1 is 1.37 bits per heavy atom. The summed E-state index contributed by atoms with van der Waals surface area (Å²) in [6.07, 6.45) is -4.34. The number of benzene rings is 1. The smallest absolute Gasteiger partial charge is 0.411 e. The maximum Gasteiger partial charge on any atom is 0.411 e. The van der Waals surface area contributed by atoms with Gasteiger partial charge in [-0.3, -0.25) is 0 Å². The lowest BCUT2D eigenvalue weighted by Crippen LogP contribution is -2.20. The highest BCUT2D eigenvalue weighted by Gasteiger charge is 2.27. The van der Waals surface area contributed by atoms with Gasteiger partial charge in [-0.15, -0.1) is 0 Å². The van der Waals surface area contributed by atoms with Crippen LogP contribution in [0.3, 0.4) is 0 Å². The average Bonchev–Trinajstić information content (AvgIpc) is 2.33. The fourth-order valence-electron chi connectivity index (χ4n) is 1.41. The summed E-state index contributed by atoms with van der Waals surface area (Å²) in [5, 5.41) is 3.04. The number of rotatable bonds is 6. The molecule has 0 spiro atoms. The first-order valence-electron chi connectivity index (χ1n) is 5.57. The molecule has 0 radical (unpaired) electrons. The van der Waals surface area contributed by atoms with E-state index in [-0.39, 0.29) is 6.04 Å². The highest BCUT2D eigenvalue weighted by atomic mass is 79.9. The monoisotopic (exact) mass is 341 g/mol. The molecule has 0 saturated carbocycles. The van der Waals surface area contributed by atoms with Gasteiger partial charge in [0.25, 0.3) is 0 Å². The molecular formula is C12H15BrF3NO2. The molecule has 0 aromatic heterocycles. The minimum absolute atomic E-state index is 0.00937. The maximum atomic E-state index is 11.9. The maximum absolute atomic E-state index is 11.9. The quantitative estimate of drug-likeness (QED) is 0.632. The molecule has 7 heteroatoms. The molecule has 0 amide bonds. The normalized spacial score (nSPS) is 13.4. The van der Waals surface area contributed by atoms with E-state index in [0.29, 0.717) is 5.75 Å².